The molecule has 0 aromatic heterocycles. The summed E-state index contributed by atoms with van der Waals surface area (Å²) in [5.41, 5.74) is 8.09. The van der Waals surface area contributed by atoms with Crippen molar-refractivity contribution in [3.8, 4) is 6.07 Å². The summed E-state index contributed by atoms with van der Waals surface area (Å²) in [7, 11) is 4.04. The smallest absolute Gasteiger partial charge is 0.0992 e. The van der Waals surface area contributed by atoms with Gasteiger partial charge in [-0.3, -0.25) is 0 Å². The van der Waals surface area contributed by atoms with Gasteiger partial charge >= 0.3 is 0 Å². The van der Waals surface area contributed by atoms with Crippen LogP contribution in [0.5, 0.6) is 0 Å². The molecule has 2 rings (SSSR count). The minimum atomic E-state index is -0.319. The van der Waals surface area contributed by atoms with Crippen LogP contribution in [0, 0.1) is 11.3 Å². The van der Waals surface area contributed by atoms with E-state index in [2.05, 4.69) is 15.9 Å². The Hall–Kier alpha value is -1.77. The zero-order valence-electron chi connectivity index (χ0n) is 11.4. The molecule has 5 heteroatoms. The average Bonchev–Trinajstić information content (AvgIpc) is 2.69. The highest BCUT2D eigenvalue weighted by Crippen LogP contribution is 2.31. The number of aliphatic hydroxyl groups is 1. The van der Waals surface area contributed by atoms with E-state index in [9.17, 15) is 5.11 Å². The molecule has 1 heterocycles. The molecule has 0 bridgehead atoms. The van der Waals surface area contributed by atoms with Gasteiger partial charge in [-0.15, -0.1) is 0 Å². The number of likely N-dealkylation sites (N-methyl/N-ethyl adjacent to an activating group) is 1. The highest BCUT2D eigenvalue weighted by atomic mass is 16.3. The van der Waals surface area contributed by atoms with Gasteiger partial charge < -0.3 is 20.6 Å². The van der Waals surface area contributed by atoms with Gasteiger partial charge in [0.2, 0.25) is 0 Å². The van der Waals surface area contributed by atoms with Crippen LogP contribution in [0.1, 0.15) is 12.0 Å². The summed E-state index contributed by atoms with van der Waals surface area (Å²) in [4.78, 5) is 4.25. The molecule has 1 aliphatic heterocycles. The van der Waals surface area contributed by atoms with Crippen LogP contribution in [0.3, 0.4) is 0 Å². The molecule has 1 aromatic carbocycles. The van der Waals surface area contributed by atoms with Gasteiger partial charge in [-0.1, -0.05) is 0 Å². The van der Waals surface area contributed by atoms with Crippen LogP contribution >= 0.6 is 0 Å². The molecule has 2 atom stereocenters. The molecule has 0 saturated carbocycles. The van der Waals surface area contributed by atoms with E-state index in [0.717, 1.165) is 18.7 Å². The maximum absolute atomic E-state index is 9.88. The van der Waals surface area contributed by atoms with E-state index in [1.54, 1.807) is 12.1 Å². The van der Waals surface area contributed by atoms with Crippen LogP contribution in [0.2, 0.25) is 0 Å². The molecule has 2 unspecified atom stereocenters. The lowest BCUT2D eigenvalue weighted by Gasteiger charge is -2.29. The van der Waals surface area contributed by atoms with Crippen LogP contribution in [-0.2, 0) is 0 Å². The molecule has 1 fully saturated rings. The summed E-state index contributed by atoms with van der Waals surface area (Å²) in [5.74, 6) is 0. The maximum atomic E-state index is 9.88. The number of nitriles is 1. The van der Waals surface area contributed by atoms with Gasteiger partial charge in [0.15, 0.2) is 0 Å². The molecular weight excluding hydrogens is 240 g/mol. The number of β-amino-alcohol motifs (C(OH)–C–C–N with tert-alkyl or cyclic N) is 1. The predicted molar refractivity (Wildman–Crippen MR) is 75.9 cm³/mol. The number of hydrogen-bond donors (Lipinski definition) is 2. The van der Waals surface area contributed by atoms with Crippen LogP contribution in [0.25, 0.3) is 0 Å². The fraction of sp³-hybridized carbons (Fsp3) is 0.500. The van der Waals surface area contributed by atoms with Crippen molar-refractivity contribution < 1.29 is 5.11 Å². The molecular formula is C14H20N4O. The lowest BCUT2D eigenvalue weighted by molar-refractivity contribution is 0.191. The Balaban J connectivity index is 2.26. The fourth-order valence-electron chi connectivity index (χ4n) is 2.67. The molecule has 1 aromatic rings. The third kappa shape index (κ3) is 2.98. The van der Waals surface area contributed by atoms with E-state index in [1.807, 2.05) is 20.2 Å². The highest BCUT2D eigenvalue weighted by molar-refractivity contribution is 5.70. The summed E-state index contributed by atoms with van der Waals surface area (Å²) in [6, 6.07) is 7.66. The Labute approximate surface area is 113 Å². The second-order valence-corrected chi connectivity index (χ2v) is 5.34. The van der Waals surface area contributed by atoms with E-state index in [1.165, 1.54) is 0 Å². The maximum Gasteiger partial charge on any atom is 0.0992 e. The molecule has 0 spiro atoms. The highest BCUT2D eigenvalue weighted by Gasteiger charge is 2.32. The summed E-state index contributed by atoms with van der Waals surface area (Å²) in [5, 5.41) is 18.7. The van der Waals surface area contributed by atoms with E-state index in [4.69, 9.17) is 11.0 Å². The molecule has 5 nitrogen and oxygen atoms in total. The molecule has 0 aliphatic carbocycles. The predicted octanol–water partition coefficient (Wildman–Crippen LogP) is 0.642. The van der Waals surface area contributed by atoms with E-state index in [0.29, 0.717) is 17.8 Å². The van der Waals surface area contributed by atoms with Crippen molar-refractivity contribution in [1.82, 2.24) is 4.90 Å². The normalized spacial score (nSPS) is 22.8. The first kappa shape index (κ1) is 13.7. The van der Waals surface area contributed by atoms with Crippen LogP contribution < -0.4 is 10.6 Å². The number of nitrogens with two attached hydrogens (primary N) is 1. The van der Waals surface area contributed by atoms with Crippen molar-refractivity contribution in [2.75, 3.05) is 37.8 Å². The minimum Gasteiger partial charge on any atom is -0.397 e. The van der Waals surface area contributed by atoms with Gasteiger partial charge in [0, 0.05) is 19.1 Å². The van der Waals surface area contributed by atoms with Crippen molar-refractivity contribution in [3.63, 3.8) is 0 Å². The Bertz CT molecular complexity index is 495. The lowest BCUT2D eigenvalue weighted by Crippen LogP contribution is -2.37. The monoisotopic (exact) mass is 260 g/mol. The zero-order chi connectivity index (χ0) is 14.0. The second-order valence-electron chi connectivity index (χ2n) is 5.34. The Morgan fingerprint density at radius 3 is 2.84 bits per heavy atom. The third-order valence-corrected chi connectivity index (χ3v) is 3.43. The Morgan fingerprint density at radius 1 is 1.53 bits per heavy atom. The molecule has 0 radical (unpaired) electrons. The van der Waals surface area contributed by atoms with Crippen molar-refractivity contribution in [1.29, 1.82) is 5.26 Å². The minimum absolute atomic E-state index is 0.250. The molecule has 19 heavy (non-hydrogen) atoms. The average molecular weight is 260 g/mol. The number of anilines is 2. The van der Waals surface area contributed by atoms with Gasteiger partial charge in [0.25, 0.3) is 0 Å². The molecule has 3 N–H and O–H groups in total. The van der Waals surface area contributed by atoms with Gasteiger partial charge in [-0.05, 0) is 38.7 Å². The Morgan fingerprint density at radius 2 is 2.26 bits per heavy atom. The quantitative estimate of drug-likeness (QED) is 0.780. The second kappa shape index (κ2) is 5.47. The lowest BCUT2D eigenvalue weighted by atomic mass is 10.1. The van der Waals surface area contributed by atoms with E-state index in [-0.39, 0.29) is 12.1 Å². The SMILES string of the molecule is CN(C)CC1CC(O)CN1c1ccc(C#N)cc1N. The number of rotatable bonds is 3. The first-order valence-electron chi connectivity index (χ1n) is 6.40. The van der Waals surface area contributed by atoms with Gasteiger partial charge in [0.05, 0.1) is 29.1 Å². The number of nitrogen functional groups attached to an aromatic ring is 1. The third-order valence-electron chi connectivity index (χ3n) is 3.43. The topological polar surface area (TPSA) is 76.5 Å². The van der Waals surface area contributed by atoms with Crippen molar-refractivity contribution >= 4 is 11.4 Å². The summed E-state index contributed by atoms with van der Waals surface area (Å²) in [6.07, 6.45) is 0.428. The molecule has 102 valence electrons. The van der Waals surface area contributed by atoms with Crippen LogP contribution in [0.15, 0.2) is 18.2 Å². The van der Waals surface area contributed by atoms with Gasteiger partial charge in [0.1, 0.15) is 0 Å². The van der Waals surface area contributed by atoms with E-state index >= 15 is 0 Å². The van der Waals surface area contributed by atoms with Crippen LogP contribution in [-0.4, -0.2) is 49.3 Å². The zero-order valence-corrected chi connectivity index (χ0v) is 11.4. The molecule has 0 amide bonds. The first-order valence-corrected chi connectivity index (χ1v) is 6.40. The van der Waals surface area contributed by atoms with Crippen molar-refractivity contribution in [2.45, 2.75) is 18.6 Å². The largest absolute Gasteiger partial charge is 0.397 e. The number of hydrogen-bond acceptors (Lipinski definition) is 5. The molecule has 1 saturated heterocycles. The standard InChI is InChI=1S/C14H20N4O/c1-17(2)8-11-6-12(19)9-18(11)14-4-3-10(7-15)5-13(14)16/h3-5,11-12,19H,6,8-9,16H2,1-2H3. The van der Waals surface area contributed by atoms with Crippen molar-refractivity contribution in [3.05, 3.63) is 23.8 Å². The fourth-order valence-corrected chi connectivity index (χ4v) is 2.67. The summed E-state index contributed by atoms with van der Waals surface area (Å²) in [6.45, 7) is 1.46. The molecule has 1 aliphatic rings. The van der Waals surface area contributed by atoms with Gasteiger partial charge in [-0.25, -0.2) is 0 Å². The Kier molecular flexibility index (Phi) is 3.93. The van der Waals surface area contributed by atoms with Gasteiger partial charge in [-0.2, -0.15) is 5.26 Å². The number of aliphatic hydroxyl groups excluding tert-OH is 1. The summed E-state index contributed by atoms with van der Waals surface area (Å²) >= 11 is 0. The number of nitrogens with zero attached hydrogens (tertiary/aromatic N) is 3. The number of benzene rings is 1. The summed E-state index contributed by atoms with van der Waals surface area (Å²) < 4.78 is 0. The van der Waals surface area contributed by atoms with E-state index < -0.39 is 0 Å². The van der Waals surface area contributed by atoms with Crippen LogP contribution in [0.4, 0.5) is 11.4 Å². The first-order chi connectivity index (χ1) is 9.01. The van der Waals surface area contributed by atoms with Crippen molar-refractivity contribution in [2.24, 2.45) is 0 Å².